The molecule has 1 aromatic rings. The number of Topliss-reactive ketones (excluding diaryl/α,β-unsaturated/α-hetero) is 1. The molecule has 0 aromatic heterocycles. The molecule has 18 heavy (non-hydrogen) atoms. The second-order valence-corrected chi connectivity index (χ2v) is 4.29. The van der Waals surface area contributed by atoms with Gasteiger partial charge in [-0.15, -0.1) is 0 Å². The van der Waals surface area contributed by atoms with E-state index in [-0.39, 0.29) is 11.8 Å². The highest BCUT2D eigenvalue weighted by molar-refractivity contribution is 6.12. The third kappa shape index (κ3) is 2.67. The van der Waals surface area contributed by atoms with Crippen molar-refractivity contribution >= 4 is 17.8 Å². The fraction of sp³-hybridized carbons (Fsp3) is 0.333. The molecule has 1 aliphatic carbocycles. The van der Waals surface area contributed by atoms with Crippen molar-refractivity contribution in [1.29, 1.82) is 0 Å². The van der Waals surface area contributed by atoms with Crippen LogP contribution in [0.3, 0.4) is 0 Å². The maximum Gasteiger partial charge on any atom is 0.316 e. The number of carbonyl (C=O) groups is 2. The van der Waals surface area contributed by atoms with E-state index in [1.807, 2.05) is 36.4 Å². The van der Waals surface area contributed by atoms with Crippen LogP contribution in [0.2, 0.25) is 0 Å². The monoisotopic (exact) mass is 244 g/mol. The zero-order valence-electron chi connectivity index (χ0n) is 10.4. The summed E-state index contributed by atoms with van der Waals surface area (Å²) in [6, 6.07) is 9.67. The van der Waals surface area contributed by atoms with Crippen molar-refractivity contribution in [3.05, 3.63) is 41.5 Å². The molecule has 1 unspecified atom stereocenters. The molecule has 0 amide bonds. The van der Waals surface area contributed by atoms with Crippen LogP contribution in [0.15, 0.2) is 35.9 Å². The molecular formula is C15H16O3. The molecule has 0 aliphatic heterocycles. The average molecular weight is 244 g/mol. The van der Waals surface area contributed by atoms with Gasteiger partial charge in [-0.05, 0) is 37.0 Å². The molecule has 1 saturated carbocycles. The number of carbonyl (C=O) groups excluding carboxylic acids is 2. The summed E-state index contributed by atoms with van der Waals surface area (Å²) in [7, 11) is 0. The predicted molar refractivity (Wildman–Crippen MR) is 68.8 cm³/mol. The van der Waals surface area contributed by atoms with Gasteiger partial charge in [0.15, 0.2) is 5.78 Å². The van der Waals surface area contributed by atoms with E-state index >= 15 is 0 Å². The molecule has 3 nitrogen and oxygen atoms in total. The van der Waals surface area contributed by atoms with Gasteiger partial charge in [0.25, 0.3) is 0 Å². The van der Waals surface area contributed by atoms with Gasteiger partial charge in [-0.2, -0.15) is 0 Å². The van der Waals surface area contributed by atoms with Crippen molar-refractivity contribution in [2.24, 2.45) is 5.92 Å². The van der Waals surface area contributed by atoms with Crippen molar-refractivity contribution < 1.29 is 14.3 Å². The Kier molecular flexibility index (Phi) is 3.92. The number of ketones is 1. The van der Waals surface area contributed by atoms with E-state index in [0.717, 1.165) is 11.1 Å². The quantitative estimate of drug-likeness (QED) is 0.466. The summed E-state index contributed by atoms with van der Waals surface area (Å²) in [6.07, 6.45) is 3.08. The summed E-state index contributed by atoms with van der Waals surface area (Å²) >= 11 is 0. The number of allylic oxidation sites excluding steroid dienone is 1. The van der Waals surface area contributed by atoms with Crippen LogP contribution in [0.25, 0.3) is 6.08 Å². The summed E-state index contributed by atoms with van der Waals surface area (Å²) < 4.78 is 4.91. The lowest BCUT2D eigenvalue weighted by molar-refractivity contribution is -0.150. The van der Waals surface area contributed by atoms with Gasteiger partial charge in [0.05, 0.1) is 6.61 Å². The number of ether oxygens (including phenoxy) is 1. The van der Waals surface area contributed by atoms with Crippen LogP contribution in [-0.2, 0) is 14.3 Å². The minimum atomic E-state index is -0.597. The lowest BCUT2D eigenvalue weighted by Crippen LogP contribution is -2.21. The summed E-state index contributed by atoms with van der Waals surface area (Å²) in [4.78, 5) is 23.6. The summed E-state index contributed by atoms with van der Waals surface area (Å²) in [5.74, 6) is -1.07. The Bertz CT molecular complexity index is 474. The molecule has 1 aromatic carbocycles. The molecule has 0 radical (unpaired) electrons. The van der Waals surface area contributed by atoms with E-state index in [1.165, 1.54) is 0 Å². The molecule has 0 heterocycles. The number of benzene rings is 1. The largest absolute Gasteiger partial charge is 0.465 e. The Hall–Kier alpha value is -1.90. The molecular weight excluding hydrogens is 228 g/mol. The normalized spacial score (nSPS) is 21.3. The maximum atomic E-state index is 12.1. The molecule has 0 N–H and O–H groups in total. The van der Waals surface area contributed by atoms with Gasteiger partial charge in [-0.3, -0.25) is 9.59 Å². The van der Waals surface area contributed by atoms with E-state index < -0.39 is 5.92 Å². The van der Waals surface area contributed by atoms with Crippen LogP contribution < -0.4 is 0 Å². The van der Waals surface area contributed by atoms with Gasteiger partial charge in [0.2, 0.25) is 0 Å². The fourth-order valence-electron chi connectivity index (χ4n) is 2.14. The first kappa shape index (κ1) is 12.6. The van der Waals surface area contributed by atoms with Gasteiger partial charge in [-0.1, -0.05) is 30.3 Å². The number of hydrogen-bond donors (Lipinski definition) is 0. The second-order valence-electron chi connectivity index (χ2n) is 4.29. The number of hydrogen-bond acceptors (Lipinski definition) is 3. The van der Waals surface area contributed by atoms with E-state index in [2.05, 4.69) is 0 Å². The van der Waals surface area contributed by atoms with Crippen LogP contribution >= 0.6 is 0 Å². The van der Waals surface area contributed by atoms with Crippen molar-refractivity contribution in [2.45, 2.75) is 19.8 Å². The van der Waals surface area contributed by atoms with E-state index in [4.69, 9.17) is 4.74 Å². The molecule has 0 saturated heterocycles. The minimum absolute atomic E-state index is 0.0858. The topological polar surface area (TPSA) is 43.4 Å². The molecule has 0 spiro atoms. The van der Waals surface area contributed by atoms with Gasteiger partial charge < -0.3 is 4.74 Å². The minimum Gasteiger partial charge on any atom is -0.465 e. The molecule has 1 fully saturated rings. The van der Waals surface area contributed by atoms with Crippen LogP contribution in [0, 0.1) is 5.92 Å². The zero-order chi connectivity index (χ0) is 13.0. The van der Waals surface area contributed by atoms with Crippen molar-refractivity contribution in [3.8, 4) is 0 Å². The summed E-state index contributed by atoms with van der Waals surface area (Å²) in [5.41, 5.74) is 1.71. The Morgan fingerprint density at radius 3 is 2.78 bits per heavy atom. The lowest BCUT2D eigenvalue weighted by Gasteiger charge is -2.05. The van der Waals surface area contributed by atoms with E-state index in [9.17, 15) is 9.59 Å². The van der Waals surface area contributed by atoms with Gasteiger partial charge in [0.1, 0.15) is 5.92 Å². The smallest absolute Gasteiger partial charge is 0.316 e. The Morgan fingerprint density at radius 2 is 2.11 bits per heavy atom. The third-order valence-corrected chi connectivity index (χ3v) is 3.05. The first-order chi connectivity index (χ1) is 8.72. The predicted octanol–water partition coefficient (Wildman–Crippen LogP) is 2.61. The Labute approximate surface area is 106 Å². The summed E-state index contributed by atoms with van der Waals surface area (Å²) in [6.45, 7) is 2.07. The highest BCUT2D eigenvalue weighted by atomic mass is 16.5. The molecule has 1 atom stereocenters. The van der Waals surface area contributed by atoms with Crippen molar-refractivity contribution in [1.82, 2.24) is 0 Å². The first-order valence-electron chi connectivity index (χ1n) is 6.19. The molecule has 0 bridgehead atoms. The van der Waals surface area contributed by atoms with Crippen LogP contribution in [0.5, 0.6) is 0 Å². The Balaban J connectivity index is 2.12. The van der Waals surface area contributed by atoms with Crippen molar-refractivity contribution in [2.75, 3.05) is 6.61 Å². The zero-order valence-corrected chi connectivity index (χ0v) is 10.4. The first-order valence-corrected chi connectivity index (χ1v) is 6.19. The maximum absolute atomic E-state index is 12.1. The lowest BCUT2D eigenvalue weighted by atomic mass is 10.1. The molecule has 3 heteroatoms. The van der Waals surface area contributed by atoms with E-state index in [0.29, 0.717) is 19.4 Å². The van der Waals surface area contributed by atoms with Crippen LogP contribution in [0.1, 0.15) is 25.3 Å². The second kappa shape index (κ2) is 5.63. The molecule has 2 rings (SSSR count). The molecule has 1 aliphatic rings. The SMILES string of the molecule is CCOC(=O)C1CC/C(=C/c2ccccc2)C1=O. The standard InChI is InChI=1S/C15H16O3/c1-2-18-15(17)13-9-8-12(14(13)16)10-11-6-4-3-5-7-11/h3-7,10,13H,2,8-9H2,1H3/b12-10-. The third-order valence-electron chi connectivity index (χ3n) is 3.05. The Morgan fingerprint density at radius 1 is 1.39 bits per heavy atom. The van der Waals surface area contributed by atoms with Gasteiger partial charge in [-0.25, -0.2) is 0 Å². The van der Waals surface area contributed by atoms with Crippen molar-refractivity contribution in [3.63, 3.8) is 0 Å². The molecule has 94 valence electrons. The fourth-order valence-corrected chi connectivity index (χ4v) is 2.14. The van der Waals surface area contributed by atoms with Crippen LogP contribution in [-0.4, -0.2) is 18.4 Å². The highest BCUT2D eigenvalue weighted by Gasteiger charge is 2.35. The average Bonchev–Trinajstić information content (AvgIpc) is 2.73. The van der Waals surface area contributed by atoms with Crippen LogP contribution in [0.4, 0.5) is 0 Å². The number of rotatable bonds is 3. The summed E-state index contributed by atoms with van der Waals surface area (Å²) in [5, 5.41) is 0. The van der Waals surface area contributed by atoms with Gasteiger partial charge >= 0.3 is 5.97 Å². The highest BCUT2D eigenvalue weighted by Crippen LogP contribution is 2.29. The van der Waals surface area contributed by atoms with E-state index in [1.54, 1.807) is 6.92 Å². The van der Waals surface area contributed by atoms with Gasteiger partial charge in [0, 0.05) is 0 Å². The number of esters is 1.